The summed E-state index contributed by atoms with van der Waals surface area (Å²) in [7, 11) is 0. The van der Waals surface area contributed by atoms with Crippen molar-refractivity contribution in [1.82, 2.24) is 0 Å². The van der Waals surface area contributed by atoms with E-state index in [0.717, 1.165) is 11.5 Å². The van der Waals surface area contributed by atoms with Gasteiger partial charge in [-0.25, -0.2) is 0 Å². The van der Waals surface area contributed by atoms with Crippen LogP contribution in [0.2, 0.25) is 0 Å². The van der Waals surface area contributed by atoms with Crippen LogP contribution in [0.1, 0.15) is 6.92 Å². The van der Waals surface area contributed by atoms with Crippen LogP contribution < -0.4 is 0 Å². The zero-order valence-corrected chi connectivity index (χ0v) is 4.55. The third kappa shape index (κ3) is 0.684. The highest BCUT2D eigenvalue weighted by molar-refractivity contribution is 7.93. The normalized spacial score (nSPS) is 27.0. The first-order valence-corrected chi connectivity index (χ1v) is 3.44. The molecule has 1 nitrogen and oxygen atoms in total. The SMILES string of the molecule is C[C]1C[S+]([O-])C1. The third-order valence-corrected chi connectivity index (χ3v) is 2.44. The highest BCUT2D eigenvalue weighted by Gasteiger charge is 2.27. The second-order valence-electron chi connectivity index (χ2n) is 1.69. The second kappa shape index (κ2) is 1.43. The molecule has 0 spiro atoms. The molecular weight excluding hydrogens is 96.1 g/mol. The number of rotatable bonds is 0. The molecule has 2 heteroatoms. The Kier molecular flexibility index (Phi) is 1.06. The summed E-state index contributed by atoms with van der Waals surface area (Å²) in [6, 6.07) is 0. The van der Waals surface area contributed by atoms with E-state index in [2.05, 4.69) is 0 Å². The summed E-state index contributed by atoms with van der Waals surface area (Å²) in [4.78, 5) is 0. The summed E-state index contributed by atoms with van der Waals surface area (Å²) in [5.74, 6) is 3.10. The van der Waals surface area contributed by atoms with Crippen LogP contribution in [0.3, 0.4) is 0 Å². The Morgan fingerprint density at radius 1 is 1.67 bits per heavy atom. The first kappa shape index (κ1) is 4.47. The molecule has 1 fully saturated rings. The molecule has 0 aromatic rings. The minimum absolute atomic E-state index is 0.459. The van der Waals surface area contributed by atoms with Gasteiger partial charge in [0.1, 0.15) is 11.5 Å². The molecule has 1 rings (SSSR count). The van der Waals surface area contributed by atoms with Crippen LogP contribution in [0.4, 0.5) is 0 Å². The van der Waals surface area contributed by atoms with Gasteiger partial charge in [0.05, 0.1) is 5.92 Å². The van der Waals surface area contributed by atoms with E-state index in [-0.39, 0.29) is 0 Å². The molecule has 0 N–H and O–H groups in total. The van der Waals surface area contributed by atoms with E-state index in [1.807, 2.05) is 6.92 Å². The van der Waals surface area contributed by atoms with Crippen molar-refractivity contribution < 1.29 is 4.55 Å². The van der Waals surface area contributed by atoms with E-state index in [1.165, 1.54) is 5.92 Å². The van der Waals surface area contributed by atoms with Crippen LogP contribution >= 0.6 is 0 Å². The Hall–Kier alpha value is 0.310. The fourth-order valence-electron chi connectivity index (χ4n) is 0.507. The lowest BCUT2D eigenvalue weighted by molar-refractivity contribution is 0.584. The summed E-state index contributed by atoms with van der Waals surface area (Å²) in [5.41, 5.74) is 0. The van der Waals surface area contributed by atoms with Gasteiger partial charge in [-0.2, -0.15) is 0 Å². The van der Waals surface area contributed by atoms with Gasteiger partial charge < -0.3 is 4.55 Å². The van der Waals surface area contributed by atoms with Gasteiger partial charge in [-0.1, -0.05) is 11.2 Å². The summed E-state index contributed by atoms with van der Waals surface area (Å²) >= 11 is -0.459. The second-order valence-corrected chi connectivity index (χ2v) is 3.14. The molecule has 35 valence electrons. The van der Waals surface area contributed by atoms with Gasteiger partial charge in [-0.05, 0) is 6.92 Å². The molecule has 1 saturated heterocycles. The lowest BCUT2D eigenvalue weighted by atomic mass is 10.2. The minimum Gasteiger partial charge on any atom is -0.616 e. The largest absolute Gasteiger partial charge is 0.616 e. The lowest BCUT2D eigenvalue weighted by Gasteiger charge is -2.24. The molecule has 1 heterocycles. The van der Waals surface area contributed by atoms with Gasteiger partial charge in [-0.3, -0.25) is 0 Å². The molecule has 0 aromatic heterocycles. The molecule has 0 bridgehead atoms. The van der Waals surface area contributed by atoms with Crippen LogP contribution in [-0.4, -0.2) is 16.1 Å². The molecule has 1 aliphatic heterocycles. The van der Waals surface area contributed by atoms with Gasteiger partial charge in [0.2, 0.25) is 0 Å². The minimum atomic E-state index is -0.459. The van der Waals surface area contributed by atoms with Crippen molar-refractivity contribution in [2.24, 2.45) is 0 Å². The molecule has 1 aliphatic rings. The highest BCUT2D eigenvalue weighted by Crippen LogP contribution is 2.18. The van der Waals surface area contributed by atoms with Crippen LogP contribution in [0.5, 0.6) is 0 Å². The van der Waals surface area contributed by atoms with E-state index in [0.29, 0.717) is 0 Å². The smallest absolute Gasteiger partial charge is 0.116 e. The zero-order valence-electron chi connectivity index (χ0n) is 3.73. The maximum absolute atomic E-state index is 10.2. The molecule has 0 atom stereocenters. The van der Waals surface area contributed by atoms with Gasteiger partial charge >= 0.3 is 0 Å². The summed E-state index contributed by atoms with van der Waals surface area (Å²) in [6.45, 7) is 2.04. The summed E-state index contributed by atoms with van der Waals surface area (Å²) in [5, 5.41) is 0. The molecule has 0 unspecified atom stereocenters. The fraction of sp³-hybridized carbons (Fsp3) is 0.750. The van der Waals surface area contributed by atoms with Crippen molar-refractivity contribution in [3.63, 3.8) is 0 Å². The first-order valence-electron chi connectivity index (χ1n) is 1.95. The van der Waals surface area contributed by atoms with Crippen LogP contribution in [0.15, 0.2) is 0 Å². The van der Waals surface area contributed by atoms with E-state index in [9.17, 15) is 4.55 Å². The van der Waals surface area contributed by atoms with Crippen LogP contribution in [-0.2, 0) is 11.2 Å². The highest BCUT2D eigenvalue weighted by atomic mass is 32.2. The van der Waals surface area contributed by atoms with Gasteiger partial charge in [0, 0.05) is 0 Å². The molecular formula is C4H7OS. The Morgan fingerprint density at radius 3 is 2.17 bits per heavy atom. The average molecular weight is 103 g/mol. The predicted octanol–water partition coefficient (Wildman–Crippen LogP) is 0.343. The fourth-order valence-corrected chi connectivity index (χ4v) is 1.52. The zero-order chi connectivity index (χ0) is 4.57. The Bertz CT molecular complexity index is 43.5. The predicted molar refractivity (Wildman–Crippen MR) is 26.8 cm³/mol. The Labute approximate surface area is 40.9 Å². The lowest BCUT2D eigenvalue weighted by Crippen LogP contribution is -2.31. The van der Waals surface area contributed by atoms with Crippen LogP contribution in [0.25, 0.3) is 0 Å². The van der Waals surface area contributed by atoms with E-state index < -0.39 is 11.2 Å². The molecule has 1 radical (unpaired) electrons. The van der Waals surface area contributed by atoms with Gasteiger partial charge in [0.25, 0.3) is 0 Å². The van der Waals surface area contributed by atoms with Crippen molar-refractivity contribution in [3.05, 3.63) is 5.92 Å². The van der Waals surface area contributed by atoms with Crippen molar-refractivity contribution >= 4 is 11.2 Å². The molecule has 0 saturated carbocycles. The molecule has 0 aliphatic carbocycles. The Balaban J connectivity index is 2.11. The molecule has 0 amide bonds. The summed E-state index contributed by atoms with van der Waals surface area (Å²) in [6.07, 6.45) is 0. The molecule has 0 aromatic carbocycles. The van der Waals surface area contributed by atoms with Crippen molar-refractivity contribution in [2.75, 3.05) is 11.5 Å². The van der Waals surface area contributed by atoms with Crippen molar-refractivity contribution in [3.8, 4) is 0 Å². The van der Waals surface area contributed by atoms with Gasteiger partial charge in [0.15, 0.2) is 0 Å². The topological polar surface area (TPSA) is 23.1 Å². The number of hydrogen-bond acceptors (Lipinski definition) is 1. The quantitative estimate of drug-likeness (QED) is 0.405. The van der Waals surface area contributed by atoms with E-state index >= 15 is 0 Å². The van der Waals surface area contributed by atoms with E-state index in [1.54, 1.807) is 0 Å². The van der Waals surface area contributed by atoms with Crippen LogP contribution in [0, 0.1) is 5.92 Å². The van der Waals surface area contributed by atoms with Gasteiger partial charge in [-0.15, -0.1) is 0 Å². The standard InChI is InChI=1S/C4H7OS/c1-4-2-6(5)3-4/h2-3H2,1H3. The maximum Gasteiger partial charge on any atom is 0.116 e. The number of hydrogen-bond donors (Lipinski definition) is 0. The third-order valence-electron chi connectivity index (χ3n) is 0.815. The maximum atomic E-state index is 10.2. The van der Waals surface area contributed by atoms with Crippen molar-refractivity contribution in [2.45, 2.75) is 6.92 Å². The molecule has 6 heavy (non-hydrogen) atoms. The average Bonchev–Trinajstić information content (AvgIpc) is 1.33. The summed E-state index contributed by atoms with van der Waals surface area (Å²) < 4.78 is 10.2. The Morgan fingerprint density at radius 2 is 2.17 bits per heavy atom. The van der Waals surface area contributed by atoms with E-state index in [4.69, 9.17) is 0 Å². The first-order chi connectivity index (χ1) is 2.79. The van der Waals surface area contributed by atoms with Crippen molar-refractivity contribution in [1.29, 1.82) is 0 Å². The monoisotopic (exact) mass is 103 g/mol.